The molecular weight excluding hydrogens is 439 g/mol. The monoisotopic (exact) mass is 478 g/mol. The van der Waals surface area contributed by atoms with Gasteiger partial charge in [-0.15, -0.1) is 0 Å². The Hall–Kier alpha value is -2.35. The van der Waals surface area contributed by atoms with Gasteiger partial charge in [-0.05, 0) is 47.6 Å². The van der Waals surface area contributed by atoms with Crippen LogP contribution in [0.5, 0.6) is 11.5 Å². The van der Waals surface area contributed by atoms with Crippen molar-refractivity contribution in [3.8, 4) is 22.6 Å². The molecule has 0 saturated carbocycles. The van der Waals surface area contributed by atoms with Gasteiger partial charge in [-0.1, -0.05) is 107 Å². The van der Waals surface area contributed by atoms with Gasteiger partial charge in [0.1, 0.15) is 11.5 Å². The molecule has 0 heterocycles. The maximum Gasteiger partial charge on any atom is 0.234 e. The molecule has 0 amide bonds. The van der Waals surface area contributed by atoms with Gasteiger partial charge in [0, 0.05) is 7.11 Å². The first-order valence-electron chi connectivity index (χ1n) is 12.3. The van der Waals surface area contributed by atoms with Gasteiger partial charge in [-0.25, -0.2) is 0 Å². The van der Waals surface area contributed by atoms with E-state index in [0.29, 0.717) is 11.9 Å². The number of hydrogen-bond donors (Lipinski definition) is 1. The first kappa shape index (κ1) is 26.3. The quantitative estimate of drug-likeness (QED) is 0.208. The number of phenolic OH excluding ortho intramolecular Hbond substituents is 1. The Morgan fingerprint density at radius 1 is 0.912 bits per heavy atom. The van der Waals surface area contributed by atoms with Crippen molar-refractivity contribution in [1.82, 2.24) is 0 Å². The maximum atomic E-state index is 11.3. The van der Waals surface area contributed by atoms with Crippen LogP contribution in [0.25, 0.3) is 11.1 Å². The van der Waals surface area contributed by atoms with Crippen LogP contribution in [-0.4, -0.2) is 12.2 Å². The molecule has 3 rings (SSSR count). The van der Waals surface area contributed by atoms with Crippen molar-refractivity contribution in [1.29, 1.82) is 0 Å². The summed E-state index contributed by atoms with van der Waals surface area (Å²) in [5, 5.41) is 11.3. The summed E-state index contributed by atoms with van der Waals surface area (Å²) in [5.41, 5.74) is 5.02. The minimum atomic E-state index is -1.21. The molecule has 1 unspecified atom stereocenters. The molecule has 0 bridgehead atoms. The number of phenols is 1. The highest BCUT2D eigenvalue weighted by Gasteiger charge is 2.26. The van der Waals surface area contributed by atoms with E-state index in [1.54, 1.807) is 7.11 Å². The Balaban J connectivity index is 1.98. The van der Waals surface area contributed by atoms with Gasteiger partial charge in [0.15, 0.2) is 0 Å². The summed E-state index contributed by atoms with van der Waals surface area (Å²) in [4.78, 5) is 0. The molecule has 0 radical (unpaired) electrons. The third-order valence-electron chi connectivity index (χ3n) is 6.38. The highest BCUT2D eigenvalue weighted by atomic mass is 31.2. The van der Waals surface area contributed by atoms with E-state index in [-0.39, 0.29) is 11.2 Å². The van der Waals surface area contributed by atoms with Crippen LogP contribution in [0.2, 0.25) is 0 Å². The Bertz CT molecular complexity index is 1050. The summed E-state index contributed by atoms with van der Waals surface area (Å²) in [7, 11) is 0.484. The standard InChI is InChI=1S/C30H39O3P/c1-6-7-8-12-18-30(3,4)26-20-27(31)29(25-17-13-14-23(2)19-25)28(21-26)33-34(32-5)22-24-15-10-9-11-16-24/h9-11,13-17,19-21,31H,6-8,12,18,22H2,1-5H3. The predicted octanol–water partition coefficient (Wildman–Crippen LogP) is 9.15. The largest absolute Gasteiger partial charge is 0.507 e. The summed E-state index contributed by atoms with van der Waals surface area (Å²) in [6.45, 7) is 8.81. The zero-order chi connectivity index (χ0) is 24.6. The second-order valence-corrected chi connectivity index (χ2v) is 11.2. The van der Waals surface area contributed by atoms with Crippen LogP contribution in [0.15, 0.2) is 66.7 Å². The number of rotatable bonds is 12. The summed E-state index contributed by atoms with van der Waals surface area (Å²) >= 11 is 0. The molecule has 0 saturated heterocycles. The fraction of sp³-hybridized carbons (Fsp3) is 0.400. The van der Waals surface area contributed by atoms with Crippen LogP contribution in [0.1, 0.15) is 69.6 Å². The van der Waals surface area contributed by atoms with Crippen LogP contribution in [0.4, 0.5) is 0 Å². The van der Waals surface area contributed by atoms with Crippen LogP contribution in [-0.2, 0) is 16.1 Å². The topological polar surface area (TPSA) is 38.7 Å². The summed E-state index contributed by atoms with van der Waals surface area (Å²) < 4.78 is 12.3. The molecular formula is C30H39O3P. The SMILES string of the molecule is CCCCCCC(C)(C)c1cc(O)c(-c2cccc(C)c2)c(OP(Cc2ccccc2)OC)c1. The van der Waals surface area contributed by atoms with Crippen LogP contribution < -0.4 is 4.52 Å². The zero-order valence-corrected chi connectivity index (χ0v) is 22.2. The van der Waals surface area contributed by atoms with Crippen LogP contribution in [0, 0.1) is 6.92 Å². The highest BCUT2D eigenvalue weighted by molar-refractivity contribution is 7.46. The molecule has 4 heteroatoms. The molecule has 3 aromatic carbocycles. The average molecular weight is 479 g/mol. The third-order valence-corrected chi connectivity index (χ3v) is 7.81. The molecule has 0 fully saturated rings. The molecule has 3 aromatic rings. The Morgan fingerprint density at radius 2 is 1.68 bits per heavy atom. The fourth-order valence-electron chi connectivity index (χ4n) is 4.27. The van der Waals surface area contributed by atoms with E-state index in [0.717, 1.165) is 28.7 Å². The first-order chi connectivity index (χ1) is 16.3. The Labute approximate surface area is 207 Å². The number of aryl methyl sites for hydroxylation is 1. The van der Waals surface area contributed by atoms with Crippen molar-refractivity contribution < 1.29 is 14.2 Å². The van der Waals surface area contributed by atoms with Crippen molar-refractivity contribution >= 4 is 8.38 Å². The molecule has 34 heavy (non-hydrogen) atoms. The minimum absolute atomic E-state index is 0.0658. The van der Waals surface area contributed by atoms with Crippen LogP contribution >= 0.6 is 8.38 Å². The summed E-state index contributed by atoms with van der Waals surface area (Å²) in [5.74, 6) is 0.941. The lowest BCUT2D eigenvalue weighted by molar-refractivity contribution is 0.391. The van der Waals surface area contributed by atoms with Crippen molar-refractivity contribution in [3.05, 3.63) is 83.4 Å². The molecule has 182 valence electrons. The number of unbranched alkanes of at least 4 members (excludes halogenated alkanes) is 3. The van der Waals surface area contributed by atoms with Gasteiger partial charge < -0.3 is 14.2 Å². The number of benzene rings is 3. The molecule has 0 aliphatic carbocycles. The van der Waals surface area contributed by atoms with E-state index in [1.807, 2.05) is 36.4 Å². The van der Waals surface area contributed by atoms with Gasteiger partial charge in [0.2, 0.25) is 8.38 Å². The number of aromatic hydroxyl groups is 1. The van der Waals surface area contributed by atoms with Crippen molar-refractivity contribution in [2.24, 2.45) is 0 Å². The van der Waals surface area contributed by atoms with Gasteiger partial charge in [-0.2, -0.15) is 0 Å². The van der Waals surface area contributed by atoms with E-state index < -0.39 is 8.38 Å². The van der Waals surface area contributed by atoms with E-state index >= 15 is 0 Å². The van der Waals surface area contributed by atoms with Crippen molar-refractivity contribution in [2.45, 2.75) is 71.4 Å². The van der Waals surface area contributed by atoms with Crippen LogP contribution in [0.3, 0.4) is 0 Å². The predicted molar refractivity (Wildman–Crippen MR) is 145 cm³/mol. The van der Waals surface area contributed by atoms with E-state index in [1.165, 1.54) is 31.2 Å². The van der Waals surface area contributed by atoms with Gasteiger partial charge >= 0.3 is 0 Å². The second kappa shape index (κ2) is 12.4. The van der Waals surface area contributed by atoms with E-state index in [4.69, 9.17) is 9.05 Å². The van der Waals surface area contributed by atoms with Crippen molar-refractivity contribution in [3.63, 3.8) is 0 Å². The molecule has 0 spiro atoms. The van der Waals surface area contributed by atoms with Gasteiger partial charge in [0.25, 0.3) is 0 Å². The molecule has 0 aliphatic rings. The fourth-order valence-corrected chi connectivity index (χ4v) is 5.41. The molecule has 3 nitrogen and oxygen atoms in total. The van der Waals surface area contributed by atoms with Gasteiger partial charge in [0.05, 0.1) is 11.7 Å². The Morgan fingerprint density at radius 3 is 2.35 bits per heavy atom. The molecule has 0 aliphatic heterocycles. The zero-order valence-electron chi connectivity index (χ0n) is 21.3. The molecule has 1 atom stereocenters. The lowest BCUT2D eigenvalue weighted by Gasteiger charge is -2.28. The third kappa shape index (κ3) is 7.08. The highest BCUT2D eigenvalue weighted by Crippen LogP contribution is 2.49. The maximum absolute atomic E-state index is 11.3. The lowest BCUT2D eigenvalue weighted by Crippen LogP contribution is -2.17. The average Bonchev–Trinajstić information content (AvgIpc) is 2.82. The van der Waals surface area contributed by atoms with E-state index in [9.17, 15) is 5.11 Å². The summed E-state index contributed by atoms with van der Waals surface area (Å²) in [6, 6.07) is 22.5. The minimum Gasteiger partial charge on any atom is -0.507 e. The summed E-state index contributed by atoms with van der Waals surface area (Å²) in [6.07, 6.45) is 6.66. The van der Waals surface area contributed by atoms with E-state index in [2.05, 4.69) is 58.0 Å². The van der Waals surface area contributed by atoms with Crippen molar-refractivity contribution in [2.75, 3.05) is 7.11 Å². The Kier molecular flexibility index (Phi) is 9.56. The normalized spacial score (nSPS) is 12.5. The first-order valence-corrected chi connectivity index (χ1v) is 13.7. The number of hydrogen-bond acceptors (Lipinski definition) is 3. The van der Waals surface area contributed by atoms with Gasteiger partial charge in [-0.3, -0.25) is 0 Å². The smallest absolute Gasteiger partial charge is 0.234 e. The second-order valence-electron chi connectivity index (χ2n) is 9.68. The molecule has 1 N–H and O–H groups in total. The lowest BCUT2D eigenvalue weighted by atomic mass is 9.79. The molecule has 0 aromatic heterocycles.